The van der Waals surface area contributed by atoms with E-state index in [4.69, 9.17) is 12.2 Å². The summed E-state index contributed by atoms with van der Waals surface area (Å²) in [5.41, 5.74) is 0. The third-order valence-electron chi connectivity index (χ3n) is 2.94. The first-order valence-corrected chi connectivity index (χ1v) is 8.29. The van der Waals surface area contributed by atoms with Crippen LogP contribution in [0.25, 0.3) is 0 Å². The minimum Gasteiger partial charge on any atom is -0.106 e. The molecule has 0 spiro atoms. The monoisotopic (exact) mass is 262 g/mol. The standard InChI is InChI=1S/C12H22S3/c1-3-5-6-7-9-12(8-4-2)10-14-11(13)15-12/h3-10H2,1-2H3. The molecule has 1 atom stereocenters. The molecule has 1 aliphatic heterocycles. The molecule has 0 N–H and O–H groups in total. The van der Waals surface area contributed by atoms with E-state index in [1.165, 1.54) is 54.2 Å². The van der Waals surface area contributed by atoms with Gasteiger partial charge in [0.25, 0.3) is 0 Å². The third-order valence-corrected chi connectivity index (χ3v) is 6.42. The first-order valence-electron chi connectivity index (χ1n) is 6.08. The highest BCUT2D eigenvalue weighted by Gasteiger charge is 2.36. The van der Waals surface area contributed by atoms with Gasteiger partial charge in [0, 0.05) is 10.5 Å². The zero-order valence-electron chi connectivity index (χ0n) is 9.88. The number of hydrogen-bond acceptors (Lipinski definition) is 3. The van der Waals surface area contributed by atoms with Crippen molar-refractivity contribution in [2.24, 2.45) is 0 Å². The average molecular weight is 263 g/mol. The minimum absolute atomic E-state index is 0.504. The summed E-state index contributed by atoms with van der Waals surface area (Å²) in [6, 6.07) is 0. The fraction of sp³-hybridized carbons (Fsp3) is 0.917. The summed E-state index contributed by atoms with van der Waals surface area (Å²) in [5.74, 6) is 1.26. The molecule has 1 heterocycles. The number of rotatable bonds is 7. The summed E-state index contributed by atoms with van der Waals surface area (Å²) in [4.78, 5) is 0. The Morgan fingerprint density at radius 1 is 1.13 bits per heavy atom. The van der Waals surface area contributed by atoms with Gasteiger partial charge < -0.3 is 0 Å². The van der Waals surface area contributed by atoms with E-state index < -0.39 is 0 Å². The maximum absolute atomic E-state index is 5.31. The second kappa shape index (κ2) is 7.18. The fourth-order valence-corrected chi connectivity index (χ4v) is 5.77. The summed E-state index contributed by atoms with van der Waals surface area (Å²) in [7, 11) is 0. The van der Waals surface area contributed by atoms with Crippen LogP contribution in [0.2, 0.25) is 0 Å². The molecule has 88 valence electrons. The summed E-state index contributed by atoms with van der Waals surface area (Å²) >= 11 is 9.20. The van der Waals surface area contributed by atoms with Gasteiger partial charge in [-0.2, -0.15) is 0 Å². The van der Waals surface area contributed by atoms with E-state index in [1.54, 1.807) is 0 Å². The van der Waals surface area contributed by atoms with Crippen LogP contribution in [-0.4, -0.2) is 14.0 Å². The van der Waals surface area contributed by atoms with Gasteiger partial charge in [0.05, 0.1) is 0 Å². The first kappa shape index (κ1) is 13.9. The molecule has 0 nitrogen and oxygen atoms in total. The van der Waals surface area contributed by atoms with Gasteiger partial charge in [-0.1, -0.05) is 58.2 Å². The van der Waals surface area contributed by atoms with Crippen molar-refractivity contribution in [3.8, 4) is 0 Å². The predicted molar refractivity (Wildman–Crippen MR) is 79.0 cm³/mol. The molecule has 1 unspecified atom stereocenters. The van der Waals surface area contributed by atoms with Gasteiger partial charge in [-0.15, -0.1) is 23.5 Å². The summed E-state index contributed by atoms with van der Waals surface area (Å²) in [6.45, 7) is 4.57. The molecule has 1 saturated heterocycles. The Morgan fingerprint density at radius 2 is 1.93 bits per heavy atom. The van der Waals surface area contributed by atoms with Gasteiger partial charge in [-0.3, -0.25) is 0 Å². The molecule has 1 fully saturated rings. The zero-order valence-corrected chi connectivity index (χ0v) is 12.3. The Labute approximate surface area is 108 Å². The van der Waals surface area contributed by atoms with Crippen LogP contribution in [0.4, 0.5) is 0 Å². The van der Waals surface area contributed by atoms with Gasteiger partial charge >= 0.3 is 0 Å². The SMILES string of the molecule is CCCCCCC1(CCC)CSC(=S)S1. The van der Waals surface area contributed by atoms with Crippen molar-refractivity contribution in [1.29, 1.82) is 0 Å². The lowest BCUT2D eigenvalue weighted by molar-refractivity contribution is 0.505. The minimum atomic E-state index is 0.504. The highest BCUT2D eigenvalue weighted by Crippen LogP contribution is 2.48. The van der Waals surface area contributed by atoms with Gasteiger partial charge in [0.2, 0.25) is 0 Å². The molecule has 0 amide bonds. The molecule has 1 aliphatic rings. The largest absolute Gasteiger partial charge is 0.106 e. The van der Waals surface area contributed by atoms with E-state index in [0.717, 1.165) is 0 Å². The van der Waals surface area contributed by atoms with Crippen molar-refractivity contribution in [1.82, 2.24) is 0 Å². The Morgan fingerprint density at radius 3 is 2.47 bits per heavy atom. The second-order valence-corrected chi connectivity index (χ2v) is 8.03. The predicted octanol–water partition coefficient (Wildman–Crippen LogP) is 5.26. The van der Waals surface area contributed by atoms with Crippen LogP contribution < -0.4 is 0 Å². The molecule has 0 saturated carbocycles. The van der Waals surface area contributed by atoms with Gasteiger partial charge in [0.15, 0.2) is 0 Å². The lowest BCUT2D eigenvalue weighted by Crippen LogP contribution is -2.24. The van der Waals surface area contributed by atoms with Crippen molar-refractivity contribution in [2.75, 3.05) is 5.75 Å². The second-order valence-electron chi connectivity index (χ2n) is 4.38. The van der Waals surface area contributed by atoms with Crippen LogP contribution in [-0.2, 0) is 0 Å². The average Bonchev–Trinajstić information content (AvgIpc) is 2.56. The fourth-order valence-electron chi connectivity index (χ4n) is 2.13. The Hall–Kier alpha value is 0.790. The molecule has 0 aromatic rings. The molecule has 0 aliphatic carbocycles. The van der Waals surface area contributed by atoms with Crippen molar-refractivity contribution >= 4 is 39.3 Å². The van der Waals surface area contributed by atoms with Crippen LogP contribution >= 0.6 is 35.7 Å². The maximum atomic E-state index is 5.31. The van der Waals surface area contributed by atoms with E-state index in [2.05, 4.69) is 13.8 Å². The highest BCUT2D eigenvalue weighted by molar-refractivity contribution is 8.49. The molecular weight excluding hydrogens is 240 g/mol. The molecule has 0 aromatic carbocycles. The molecule has 15 heavy (non-hydrogen) atoms. The molecular formula is C12H22S3. The highest BCUT2D eigenvalue weighted by atomic mass is 32.2. The normalized spacial score (nSPS) is 26.1. The first-order chi connectivity index (χ1) is 7.22. The Balaban J connectivity index is 2.33. The number of unbranched alkanes of at least 4 members (excludes halogenated alkanes) is 3. The van der Waals surface area contributed by atoms with Crippen LogP contribution in [0.3, 0.4) is 0 Å². The molecule has 1 rings (SSSR count). The van der Waals surface area contributed by atoms with Gasteiger partial charge in [-0.25, -0.2) is 0 Å². The number of thioether (sulfide) groups is 2. The third kappa shape index (κ3) is 4.66. The van der Waals surface area contributed by atoms with Gasteiger partial charge in [-0.05, 0) is 12.8 Å². The molecule has 0 radical (unpaired) electrons. The van der Waals surface area contributed by atoms with Crippen LogP contribution in [0.1, 0.15) is 58.8 Å². The topological polar surface area (TPSA) is 0 Å². The van der Waals surface area contributed by atoms with E-state index >= 15 is 0 Å². The van der Waals surface area contributed by atoms with Crippen molar-refractivity contribution in [2.45, 2.75) is 63.5 Å². The Kier molecular flexibility index (Phi) is 6.63. The Bertz CT molecular complexity index is 203. The van der Waals surface area contributed by atoms with Crippen LogP contribution in [0.5, 0.6) is 0 Å². The van der Waals surface area contributed by atoms with E-state index in [1.807, 2.05) is 23.5 Å². The van der Waals surface area contributed by atoms with E-state index in [9.17, 15) is 0 Å². The molecule has 0 aromatic heterocycles. The lowest BCUT2D eigenvalue weighted by atomic mass is 9.97. The van der Waals surface area contributed by atoms with Crippen molar-refractivity contribution < 1.29 is 0 Å². The maximum Gasteiger partial charge on any atom is 0.104 e. The zero-order chi connectivity index (χ0) is 11.1. The molecule has 3 heteroatoms. The number of thiocarbonyl (C=S) groups is 1. The van der Waals surface area contributed by atoms with Gasteiger partial charge in [0.1, 0.15) is 3.53 Å². The molecule has 0 bridgehead atoms. The number of hydrogen-bond donors (Lipinski definition) is 0. The quantitative estimate of drug-likeness (QED) is 0.454. The van der Waals surface area contributed by atoms with Crippen LogP contribution in [0, 0.1) is 0 Å². The van der Waals surface area contributed by atoms with Crippen molar-refractivity contribution in [3.63, 3.8) is 0 Å². The smallest absolute Gasteiger partial charge is 0.104 e. The summed E-state index contributed by atoms with van der Waals surface area (Å²) < 4.78 is 1.68. The summed E-state index contributed by atoms with van der Waals surface area (Å²) in [6.07, 6.45) is 9.54. The van der Waals surface area contributed by atoms with Crippen LogP contribution in [0.15, 0.2) is 0 Å². The van der Waals surface area contributed by atoms with E-state index in [0.29, 0.717) is 4.75 Å². The lowest BCUT2D eigenvalue weighted by Gasteiger charge is -2.26. The van der Waals surface area contributed by atoms with E-state index in [-0.39, 0.29) is 0 Å². The summed E-state index contributed by atoms with van der Waals surface area (Å²) in [5, 5.41) is 0. The van der Waals surface area contributed by atoms with Crippen molar-refractivity contribution in [3.05, 3.63) is 0 Å².